The van der Waals surface area contributed by atoms with Crippen molar-refractivity contribution in [3.05, 3.63) is 176 Å². The number of nitrogens with two attached hydrogens (primary N) is 2. The van der Waals surface area contributed by atoms with Crippen LogP contribution < -0.4 is 73.5 Å². The Morgan fingerprint density at radius 2 is 1.22 bits per heavy atom. The maximum atomic E-state index is 16.7. The number of benzene rings is 7. The number of phenolic OH excluding ortho intramolecular Hbond substituents is 3. The van der Waals surface area contributed by atoms with Gasteiger partial charge in [0.05, 0.1) is 60.0 Å². The molecule has 15 rings (SSSR count). The van der Waals surface area contributed by atoms with Crippen molar-refractivity contribution in [2.24, 2.45) is 17.4 Å². The summed E-state index contributed by atoms with van der Waals surface area (Å²) in [4.78, 5) is 148. The standard InChI is InChI=1S/C90H102Cl3N11O29/c1-36(2)22-52(96-7)80(117)103-70-72(112)43-15-20-57(50(92)24-43)128-59-26-45-27-60(76(59)133-88-77(74(114)73(113)61(35-105)130-88)132-65-33-90(6,79(116)38(4)127-65)97-34-39-8-10-40(11-9-39)41-12-17-46(91)18-13-41)129-58-21-16-44(25-51(58)93)75(131-64-32-89(5,95)78(115)37(3)126-64)71-86(123)102-69(84(121)99-54(87(124)125)31-63(110)111)49-28-47(106)29-56(108)66(49)48-23-42(14-19-55(48)107)67(82(119)104-71)101-83(120)68(45)100-81(118)53(30-62(94)109)98-85(70)122/h8-21,23-29,36-38,52-54,61,64-65,67-75,77-79,88,96-97,105-108,112-116H,22,30-35,95H2,1-7H3,(H2,94,109)(H,98,122)(H,99,121)(H,100,118)(H,101,120)(H,102,123)(H,103,117)(H,104,119)(H,110,111)(H,124,125)/t37-,38-,52+,53-,54?,61+,64-,65-,67+,68+,69-,70?,71-,72+,73+,74-,75+,77+,78-,79-,88-,89-,90-/m0/s1. The minimum Gasteiger partial charge on any atom is -0.508 e. The molecule has 133 heavy (non-hydrogen) atoms. The van der Waals surface area contributed by atoms with Crippen LogP contribution in [-0.4, -0.2) is 238 Å². The van der Waals surface area contributed by atoms with Gasteiger partial charge in [-0.3, -0.25) is 43.2 Å². The molecule has 7 aromatic carbocycles. The van der Waals surface area contributed by atoms with Gasteiger partial charge in [-0.25, -0.2) is 4.79 Å². The van der Waals surface area contributed by atoms with Crippen LogP contribution in [0.15, 0.2) is 127 Å². The highest BCUT2D eigenvalue weighted by molar-refractivity contribution is 6.32. The summed E-state index contributed by atoms with van der Waals surface area (Å²) < 4.78 is 53.0. The third kappa shape index (κ3) is 22.2. The molecule has 43 heteroatoms. The molecule has 0 aliphatic carbocycles. The molecule has 2 unspecified atom stereocenters. The lowest BCUT2D eigenvalue weighted by molar-refractivity contribution is -0.334. The van der Waals surface area contributed by atoms with Gasteiger partial charge in [-0.05, 0) is 158 Å². The molecule has 3 saturated heterocycles. The smallest absolute Gasteiger partial charge is 0.326 e. The first-order valence-electron chi connectivity index (χ1n) is 42.3. The van der Waals surface area contributed by atoms with Crippen LogP contribution in [0.1, 0.15) is 137 Å². The molecule has 24 N–H and O–H groups in total. The Morgan fingerprint density at radius 1 is 0.624 bits per heavy atom. The summed E-state index contributed by atoms with van der Waals surface area (Å²) in [5.41, 5.74) is 8.90. The fourth-order valence-electron chi connectivity index (χ4n) is 16.8. The number of carboxylic acid groups (broad SMARTS) is 2. The van der Waals surface area contributed by atoms with E-state index in [0.29, 0.717) is 11.1 Å². The van der Waals surface area contributed by atoms with E-state index in [2.05, 4.69) is 42.5 Å². The quantitative estimate of drug-likeness (QED) is 0.0436. The van der Waals surface area contributed by atoms with E-state index in [1.165, 1.54) is 39.1 Å². The zero-order chi connectivity index (χ0) is 96.4. The molecule has 11 bridgehead atoms. The minimum atomic E-state index is -2.46. The highest BCUT2D eigenvalue weighted by Gasteiger charge is 2.53. The third-order valence-electron chi connectivity index (χ3n) is 23.9. The van der Waals surface area contributed by atoms with Gasteiger partial charge in [0.1, 0.15) is 102 Å². The predicted octanol–water partition coefficient (Wildman–Crippen LogP) is 3.45. The second kappa shape index (κ2) is 41.1. The zero-order valence-corrected chi connectivity index (χ0v) is 74.6. The van der Waals surface area contributed by atoms with E-state index >= 15 is 28.8 Å². The first kappa shape index (κ1) is 98.8. The number of aliphatic carboxylic acids is 2. The van der Waals surface area contributed by atoms with E-state index in [4.69, 9.17) is 84.2 Å². The first-order chi connectivity index (χ1) is 62.9. The largest absolute Gasteiger partial charge is 0.508 e. The van der Waals surface area contributed by atoms with Gasteiger partial charge in [0, 0.05) is 52.7 Å². The molecule has 8 heterocycles. The van der Waals surface area contributed by atoms with E-state index in [0.717, 1.165) is 71.3 Å². The van der Waals surface area contributed by atoms with Crippen LogP contribution in [0.2, 0.25) is 15.1 Å². The number of primary amides is 1. The average molecular weight is 1910 g/mol. The lowest BCUT2D eigenvalue weighted by atomic mass is 9.84. The molecule has 23 atom stereocenters. The number of aromatic hydroxyl groups is 3. The van der Waals surface area contributed by atoms with Crippen molar-refractivity contribution in [3.8, 4) is 68.2 Å². The zero-order valence-electron chi connectivity index (χ0n) is 72.3. The van der Waals surface area contributed by atoms with Gasteiger partial charge in [-0.15, -0.1) is 0 Å². The number of carboxylic acids is 2. The fraction of sp³-hybridized carbons (Fsp3) is 0.422. The molecule has 8 aliphatic rings. The number of aliphatic hydroxyl groups excluding tert-OH is 6. The van der Waals surface area contributed by atoms with Crippen LogP contribution in [0.25, 0.3) is 22.3 Å². The summed E-state index contributed by atoms with van der Waals surface area (Å²) in [6.07, 6.45) is -25.1. The summed E-state index contributed by atoms with van der Waals surface area (Å²) >= 11 is 20.9. The van der Waals surface area contributed by atoms with Gasteiger partial charge >= 0.3 is 11.9 Å². The van der Waals surface area contributed by atoms with Crippen LogP contribution in [0.4, 0.5) is 0 Å². The number of hydrogen-bond donors (Lipinski definition) is 22. The number of aliphatic hydroxyl groups is 6. The average Bonchev–Trinajstić information content (AvgIpc) is 0.763. The van der Waals surface area contributed by atoms with Crippen molar-refractivity contribution in [2.75, 3.05) is 13.7 Å². The summed E-state index contributed by atoms with van der Waals surface area (Å²) in [5.74, 6) is -20.5. The number of halogens is 3. The van der Waals surface area contributed by atoms with Gasteiger partial charge in [-0.1, -0.05) is 103 Å². The van der Waals surface area contributed by atoms with Gasteiger partial charge in [0.15, 0.2) is 30.2 Å². The maximum absolute atomic E-state index is 16.7. The van der Waals surface area contributed by atoms with E-state index in [1.54, 1.807) is 39.8 Å². The highest BCUT2D eigenvalue weighted by Crippen LogP contribution is 2.51. The maximum Gasteiger partial charge on any atom is 0.326 e. The number of phenols is 3. The normalized spacial score (nSPS) is 28.8. The van der Waals surface area contributed by atoms with Crippen molar-refractivity contribution >= 4 is 94.0 Å². The van der Waals surface area contributed by atoms with Crippen LogP contribution in [0.3, 0.4) is 0 Å². The van der Waals surface area contributed by atoms with Crippen molar-refractivity contribution in [1.29, 1.82) is 0 Å². The Labute approximate surface area is 774 Å². The second-order valence-corrected chi connectivity index (χ2v) is 35.6. The molecule has 7 aromatic rings. The van der Waals surface area contributed by atoms with Crippen molar-refractivity contribution < 1.29 is 142 Å². The van der Waals surface area contributed by atoms with Crippen LogP contribution in [-0.2, 0) is 78.2 Å². The number of amides is 8. The van der Waals surface area contributed by atoms with Gasteiger partial charge in [0.25, 0.3) is 0 Å². The third-order valence-corrected chi connectivity index (χ3v) is 24.8. The molecular weight excluding hydrogens is 1810 g/mol. The summed E-state index contributed by atoms with van der Waals surface area (Å²) in [6, 6.07) is 10.9. The Hall–Kier alpha value is -11.7. The number of rotatable bonds is 23. The number of carbonyl (C=O) groups is 10. The van der Waals surface area contributed by atoms with Crippen LogP contribution in [0, 0.1) is 5.92 Å². The molecule has 0 radical (unpaired) electrons. The number of carbonyl (C=O) groups excluding carboxylic acids is 8. The molecule has 8 aliphatic heterocycles. The lowest BCUT2D eigenvalue weighted by Crippen LogP contribution is -2.65. The molecular formula is C90H102Cl3N11O29. The number of ether oxygens (including phenoxy) is 8. The SMILES string of the molecule is CN[C@H](CC(C)C)C(=O)NC1C(=O)N[C@@H](CC(N)=O)C(=O)N[C@H]2C(=O)N[C@H]3C(=O)N[C@H](C(=O)N[C@H](C(=O)NC(CC(=O)O)C(=O)O)c4cc(O)cc(O)c4-c4cc3ccc4O)[C@H](O[C@H]3C[C@](C)(N)[C@@H](O)[C@H](C)O3)c3ccc(c(Cl)c3)Oc3cc2cc(c3O[C@@H]2O[C@H](CO)[C@@H](O)[C@H](O)[C@H]2O[C@H]2C[C@](C)(NCc3ccc(-c4ccc(Cl)cc4)cc3)[C@@H](O)[C@H](C)O2)Oc2ccc(cc2Cl)[C@H]1O. The van der Waals surface area contributed by atoms with E-state index in [-0.39, 0.29) is 36.4 Å². The fourth-order valence-corrected chi connectivity index (χ4v) is 17.4. The Kier molecular flexibility index (Phi) is 30.5. The number of nitrogens with one attached hydrogen (secondary N) is 9. The Balaban J connectivity index is 1.03. The molecule has 40 nitrogen and oxygen atoms in total. The van der Waals surface area contributed by atoms with E-state index in [1.807, 2.05) is 41.7 Å². The molecule has 0 aromatic heterocycles. The molecule has 3 fully saturated rings. The van der Waals surface area contributed by atoms with E-state index in [9.17, 15) is 75.3 Å². The van der Waals surface area contributed by atoms with Gasteiger partial charge < -0.3 is 153 Å². The number of fused-ring (bicyclic) bond motifs is 15. The predicted molar refractivity (Wildman–Crippen MR) is 469 cm³/mol. The Morgan fingerprint density at radius 3 is 1.82 bits per heavy atom. The monoisotopic (exact) mass is 1910 g/mol. The highest BCUT2D eigenvalue weighted by atomic mass is 35.5. The lowest BCUT2D eigenvalue weighted by Gasteiger charge is -2.48. The number of likely N-dealkylation sites (N-methyl/N-ethyl adjacent to an activating group) is 1. The van der Waals surface area contributed by atoms with Crippen molar-refractivity contribution in [3.63, 3.8) is 0 Å². The first-order valence-corrected chi connectivity index (χ1v) is 43.4. The minimum absolute atomic E-state index is 0.143. The molecule has 8 amide bonds. The van der Waals surface area contributed by atoms with Gasteiger partial charge in [0.2, 0.25) is 59.3 Å². The molecule has 0 spiro atoms. The molecule has 712 valence electrons. The number of hydrogen-bond acceptors (Lipinski definition) is 30. The van der Waals surface area contributed by atoms with Crippen LogP contribution >= 0.6 is 34.8 Å². The van der Waals surface area contributed by atoms with Gasteiger partial charge in [-0.2, -0.15) is 0 Å². The summed E-state index contributed by atoms with van der Waals surface area (Å²) in [5, 5.41) is 150. The topological polar surface area (TPSA) is 627 Å². The van der Waals surface area contributed by atoms with Crippen LogP contribution in [0.5, 0.6) is 46.0 Å². The summed E-state index contributed by atoms with van der Waals surface area (Å²) in [6.45, 7) is 8.86. The van der Waals surface area contributed by atoms with E-state index < -0.39 is 308 Å². The molecule has 0 saturated carbocycles. The van der Waals surface area contributed by atoms with Crippen molar-refractivity contribution in [1.82, 2.24) is 47.9 Å². The van der Waals surface area contributed by atoms with Crippen molar-refractivity contribution in [2.45, 2.75) is 220 Å². The second-order valence-electron chi connectivity index (χ2n) is 34.4. The summed E-state index contributed by atoms with van der Waals surface area (Å²) in [7, 11) is 1.46. The Bertz CT molecular complexity index is 5590.